The van der Waals surface area contributed by atoms with Gasteiger partial charge in [-0.1, -0.05) is 86.1 Å². The number of benzene rings is 4. The molecule has 6 aromatic rings. The van der Waals surface area contributed by atoms with Crippen LogP contribution in [-0.2, 0) is 20.4 Å². The van der Waals surface area contributed by atoms with Crippen LogP contribution in [0.25, 0.3) is 44.6 Å². The Morgan fingerprint density at radius 3 is 1.59 bits per heavy atom. The lowest BCUT2D eigenvalue weighted by molar-refractivity contribution is -0.144. The molecule has 2 aromatic heterocycles. The van der Waals surface area contributed by atoms with Crippen molar-refractivity contribution in [2.75, 3.05) is 6.61 Å². The Kier molecular flexibility index (Phi) is 6.09. The van der Waals surface area contributed by atoms with Gasteiger partial charge in [-0.05, 0) is 55.2 Å². The van der Waals surface area contributed by atoms with Crippen LogP contribution in [0.4, 0.5) is 0 Å². The number of carbonyl (C=O) groups excluding carboxylic acids is 1. The highest BCUT2D eigenvalue weighted by Gasteiger charge is 2.56. The van der Waals surface area contributed by atoms with Crippen LogP contribution in [0.15, 0.2) is 97.1 Å². The maximum absolute atomic E-state index is 13.7. The molecule has 0 N–H and O–H groups in total. The third kappa shape index (κ3) is 3.76. The minimum atomic E-state index is -0.799. The Hall–Kier alpha value is -4.97. The third-order valence-corrected chi connectivity index (χ3v) is 9.47. The van der Waals surface area contributed by atoms with Gasteiger partial charge in [-0.15, -0.1) is 0 Å². The van der Waals surface area contributed by atoms with E-state index in [9.17, 15) is 4.79 Å². The number of nitrogens with zero attached hydrogens (tertiary/aromatic N) is 4. The topological polar surface area (TPSA) is 77.9 Å². The predicted octanol–water partition coefficient (Wildman–Crippen LogP) is 7.95. The maximum atomic E-state index is 13.7. The fourth-order valence-electron chi connectivity index (χ4n) is 7.85. The van der Waals surface area contributed by atoms with Crippen LogP contribution in [0, 0.1) is 0 Å². The fourth-order valence-corrected chi connectivity index (χ4v) is 7.85. The molecule has 4 aromatic carbocycles. The molecule has 216 valence electrons. The van der Waals surface area contributed by atoms with E-state index in [0.717, 1.165) is 74.4 Å². The first-order valence-corrected chi connectivity index (χ1v) is 15.5. The fraction of sp³-hybridized carbons (Fsp3) is 0.237. The van der Waals surface area contributed by atoms with Crippen molar-refractivity contribution in [1.82, 2.24) is 19.9 Å². The Bertz CT molecular complexity index is 2110. The second kappa shape index (κ2) is 10.1. The van der Waals surface area contributed by atoms with Crippen molar-refractivity contribution in [2.24, 2.45) is 0 Å². The monoisotopic (exact) mass is 576 g/mol. The van der Waals surface area contributed by atoms with Crippen LogP contribution in [0.5, 0.6) is 0 Å². The average molecular weight is 577 g/mol. The summed E-state index contributed by atoms with van der Waals surface area (Å²) >= 11 is 0. The van der Waals surface area contributed by atoms with Gasteiger partial charge in [-0.3, -0.25) is 4.79 Å². The van der Waals surface area contributed by atoms with Crippen molar-refractivity contribution in [2.45, 2.75) is 50.4 Å². The van der Waals surface area contributed by atoms with Crippen molar-refractivity contribution in [3.63, 3.8) is 0 Å². The molecular formula is C38H32N4O2. The van der Waals surface area contributed by atoms with Gasteiger partial charge in [0, 0.05) is 16.5 Å². The smallest absolute Gasteiger partial charge is 0.307 e. The van der Waals surface area contributed by atoms with E-state index in [1.54, 1.807) is 0 Å². The summed E-state index contributed by atoms with van der Waals surface area (Å²) in [5, 5.41) is 0. The summed E-state index contributed by atoms with van der Waals surface area (Å²) in [6, 6.07) is 33.0. The van der Waals surface area contributed by atoms with Gasteiger partial charge in [0.25, 0.3) is 0 Å². The number of esters is 1. The summed E-state index contributed by atoms with van der Waals surface area (Å²) in [6.45, 7) is 4.39. The van der Waals surface area contributed by atoms with Crippen LogP contribution >= 0.6 is 0 Å². The standard InChI is InChI=1S/C38H32N4O2/c1-3-21-37(26-15-7-5-13-24(26)33-35(37)41-30-19-11-9-17-28(30)39-33)23-38(22-32(43)44-4-2)27-16-8-6-14-25(27)34-36(38)42-31-20-12-10-18-29(31)40-34/h5-20H,3-4,21-23H2,1-2H3. The molecule has 0 radical (unpaired) electrons. The second-order valence-corrected chi connectivity index (χ2v) is 12.0. The van der Waals surface area contributed by atoms with Crippen molar-refractivity contribution in [1.29, 1.82) is 0 Å². The molecule has 2 aliphatic rings. The molecule has 2 heterocycles. The van der Waals surface area contributed by atoms with E-state index in [-0.39, 0.29) is 12.4 Å². The zero-order valence-electron chi connectivity index (χ0n) is 24.9. The first-order chi connectivity index (χ1) is 21.6. The zero-order valence-corrected chi connectivity index (χ0v) is 24.9. The van der Waals surface area contributed by atoms with E-state index in [1.165, 1.54) is 5.56 Å². The van der Waals surface area contributed by atoms with Crippen molar-refractivity contribution >= 4 is 28.0 Å². The van der Waals surface area contributed by atoms with E-state index in [1.807, 2.05) is 61.5 Å². The summed E-state index contributed by atoms with van der Waals surface area (Å²) < 4.78 is 5.69. The highest BCUT2D eigenvalue weighted by Crippen LogP contribution is 2.61. The second-order valence-electron chi connectivity index (χ2n) is 12.0. The molecule has 0 spiro atoms. The van der Waals surface area contributed by atoms with E-state index < -0.39 is 10.8 Å². The maximum Gasteiger partial charge on any atom is 0.307 e. The molecule has 44 heavy (non-hydrogen) atoms. The molecule has 2 aliphatic carbocycles. The Morgan fingerprint density at radius 2 is 1.07 bits per heavy atom. The van der Waals surface area contributed by atoms with E-state index in [4.69, 9.17) is 24.7 Å². The molecule has 0 amide bonds. The molecule has 0 bridgehead atoms. The van der Waals surface area contributed by atoms with Gasteiger partial charge in [-0.2, -0.15) is 0 Å². The van der Waals surface area contributed by atoms with Crippen molar-refractivity contribution < 1.29 is 9.53 Å². The van der Waals surface area contributed by atoms with Gasteiger partial charge in [0.05, 0.1) is 63.3 Å². The van der Waals surface area contributed by atoms with E-state index in [0.29, 0.717) is 13.0 Å². The Morgan fingerprint density at radius 1 is 0.614 bits per heavy atom. The van der Waals surface area contributed by atoms with Gasteiger partial charge in [0.2, 0.25) is 0 Å². The van der Waals surface area contributed by atoms with Crippen LogP contribution < -0.4 is 0 Å². The van der Waals surface area contributed by atoms with Crippen LogP contribution in [-0.4, -0.2) is 32.5 Å². The summed E-state index contributed by atoms with van der Waals surface area (Å²) in [5.41, 5.74) is 10.1. The highest BCUT2D eigenvalue weighted by molar-refractivity contribution is 5.88. The molecule has 6 nitrogen and oxygen atoms in total. The predicted molar refractivity (Wildman–Crippen MR) is 172 cm³/mol. The van der Waals surface area contributed by atoms with Gasteiger partial charge in [-0.25, -0.2) is 19.9 Å². The van der Waals surface area contributed by atoms with Gasteiger partial charge in [0.15, 0.2) is 0 Å². The molecule has 0 saturated heterocycles. The number of hydrogen-bond acceptors (Lipinski definition) is 6. The lowest BCUT2D eigenvalue weighted by Gasteiger charge is -2.40. The quantitative estimate of drug-likeness (QED) is 0.180. The molecular weight excluding hydrogens is 544 g/mol. The number of para-hydroxylation sites is 4. The van der Waals surface area contributed by atoms with Gasteiger partial charge >= 0.3 is 5.97 Å². The Labute approximate surface area is 256 Å². The normalized spacial score (nSPS) is 19.4. The minimum Gasteiger partial charge on any atom is -0.466 e. The number of carbonyl (C=O) groups is 1. The molecule has 0 saturated carbocycles. The first-order valence-electron chi connectivity index (χ1n) is 15.5. The molecule has 0 fully saturated rings. The van der Waals surface area contributed by atoms with E-state index >= 15 is 0 Å². The number of hydrogen-bond donors (Lipinski definition) is 0. The molecule has 8 rings (SSSR count). The molecule has 2 atom stereocenters. The minimum absolute atomic E-state index is 0.155. The SMILES string of the molecule is CCCC1(CC2(CC(=O)OCC)c3ccccc3-c3nc4ccccc4nc32)c2ccccc2-c2nc3ccccc3nc21. The number of aromatic nitrogens is 4. The summed E-state index contributed by atoms with van der Waals surface area (Å²) in [7, 11) is 0. The van der Waals surface area contributed by atoms with Crippen LogP contribution in [0.2, 0.25) is 0 Å². The summed E-state index contributed by atoms with van der Waals surface area (Å²) in [6.07, 6.45) is 2.51. The van der Waals surface area contributed by atoms with Crippen molar-refractivity contribution in [3.8, 4) is 22.5 Å². The van der Waals surface area contributed by atoms with Gasteiger partial charge < -0.3 is 4.74 Å². The largest absolute Gasteiger partial charge is 0.466 e. The lowest BCUT2D eigenvalue weighted by Crippen LogP contribution is -2.40. The molecule has 6 heteroatoms. The van der Waals surface area contributed by atoms with Crippen LogP contribution in [0.3, 0.4) is 0 Å². The number of ether oxygens (including phenoxy) is 1. The van der Waals surface area contributed by atoms with Crippen molar-refractivity contribution in [3.05, 3.63) is 120 Å². The molecule has 2 unspecified atom stereocenters. The number of rotatable bonds is 7. The summed E-state index contributed by atoms with van der Waals surface area (Å²) in [5.74, 6) is -0.243. The molecule has 0 aliphatic heterocycles. The zero-order chi connectivity index (χ0) is 29.9. The van der Waals surface area contributed by atoms with Gasteiger partial charge in [0.1, 0.15) is 0 Å². The first kappa shape index (κ1) is 26.6. The van der Waals surface area contributed by atoms with E-state index in [2.05, 4.69) is 49.4 Å². The van der Waals surface area contributed by atoms with Crippen LogP contribution in [0.1, 0.15) is 62.0 Å². The third-order valence-electron chi connectivity index (χ3n) is 9.47. The lowest BCUT2D eigenvalue weighted by atomic mass is 9.62. The highest BCUT2D eigenvalue weighted by atomic mass is 16.5. The average Bonchev–Trinajstić information content (AvgIpc) is 3.45. The Balaban J connectivity index is 1.45. The number of fused-ring (bicyclic) bond motifs is 8. The summed E-state index contributed by atoms with van der Waals surface area (Å²) in [4.78, 5) is 34.8.